The highest BCUT2D eigenvalue weighted by Gasteiger charge is 2.14. The van der Waals surface area contributed by atoms with Crippen LogP contribution in [0, 0.1) is 10.1 Å². The second-order valence-corrected chi connectivity index (χ2v) is 5.70. The summed E-state index contributed by atoms with van der Waals surface area (Å²) in [6.45, 7) is -0.502. The second kappa shape index (κ2) is 8.46. The van der Waals surface area contributed by atoms with Crippen molar-refractivity contribution >= 4 is 46.5 Å². The summed E-state index contributed by atoms with van der Waals surface area (Å²) in [6.07, 6.45) is -0.163. The van der Waals surface area contributed by atoms with Gasteiger partial charge in [0, 0.05) is 33.4 Å². The van der Waals surface area contributed by atoms with Crippen molar-refractivity contribution in [2.24, 2.45) is 0 Å². The van der Waals surface area contributed by atoms with E-state index in [1.807, 2.05) is 0 Å². The van der Waals surface area contributed by atoms with Gasteiger partial charge in [0.15, 0.2) is 6.61 Å². The summed E-state index contributed by atoms with van der Waals surface area (Å²) in [6, 6.07) is 10.1. The number of nitrogens with one attached hydrogen (secondary N) is 1. The molecule has 0 atom stereocenters. The largest absolute Gasteiger partial charge is 0.455 e. The highest BCUT2D eigenvalue weighted by atomic mass is 35.5. The number of non-ortho nitro benzene ring substituents is 1. The molecule has 0 heterocycles. The molecule has 1 amide bonds. The third-order valence-electron chi connectivity index (χ3n) is 3.11. The molecule has 0 saturated carbocycles. The highest BCUT2D eigenvalue weighted by Crippen LogP contribution is 2.24. The summed E-state index contributed by atoms with van der Waals surface area (Å²) < 4.78 is 4.88. The lowest BCUT2D eigenvalue weighted by Gasteiger charge is -2.08. The van der Waals surface area contributed by atoms with Crippen LogP contribution in [-0.4, -0.2) is 23.4 Å². The Bertz CT molecular complexity index is 788. The van der Waals surface area contributed by atoms with Crippen molar-refractivity contribution in [2.45, 2.75) is 6.42 Å². The van der Waals surface area contributed by atoms with E-state index in [-0.39, 0.29) is 12.1 Å². The van der Waals surface area contributed by atoms with Gasteiger partial charge in [-0.25, -0.2) is 0 Å². The van der Waals surface area contributed by atoms with Gasteiger partial charge in [-0.2, -0.15) is 0 Å². The first-order chi connectivity index (χ1) is 11.9. The maximum Gasteiger partial charge on any atom is 0.310 e. The Morgan fingerprint density at radius 2 is 1.68 bits per heavy atom. The molecule has 0 unspecified atom stereocenters. The molecular formula is C16H12Cl2N2O5. The number of carbonyl (C=O) groups excluding carboxylic acids is 2. The number of nitro groups is 1. The number of nitrogens with zero attached hydrogens (tertiary/aromatic N) is 1. The van der Waals surface area contributed by atoms with Gasteiger partial charge < -0.3 is 10.1 Å². The first-order valence-corrected chi connectivity index (χ1v) is 7.75. The van der Waals surface area contributed by atoms with Crippen LogP contribution < -0.4 is 5.32 Å². The number of ether oxygens (including phenoxy) is 1. The SMILES string of the molecule is O=C(COC(=O)Cc1c(Cl)cccc1Cl)Nc1ccc([N+](=O)[O-])cc1. The monoisotopic (exact) mass is 382 g/mol. The molecular weight excluding hydrogens is 371 g/mol. The number of hydrogen-bond donors (Lipinski definition) is 1. The average molecular weight is 383 g/mol. The van der Waals surface area contributed by atoms with Crippen molar-refractivity contribution in [3.63, 3.8) is 0 Å². The number of carbonyl (C=O) groups is 2. The van der Waals surface area contributed by atoms with Crippen LogP contribution >= 0.6 is 23.2 Å². The minimum atomic E-state index is -0.658. The van der Waals surface area contributed by atoms with E-state index in [1.54, 1.807) is 18.2 Å². The Morgan fingerprint density at radius 3 is 2.24 bits per heavy atom. The molecule has 0 radical (unpaired) electrons. The van der Waals surface area contributed by atoms with Gasteiger partial charge in [-0.05, 0) is 24.3 Å². The van der Waals surface area contributed by atoms with E-state index in [1.165, 1.54) is 24.3 Å². The number of nitro benzene ring substituents is 1. The molecule has 2 aromatic carbocycles. The molecule has 0 fully saturated rings. The average Bonchev–Trinajstić information content (AvgIpc) is 2.57. The molecule has 9 heteroatoms. The fourth-order valence-corrected chi connectivity index (χ4v) is 2.44. The maximum atomic E-state index is 11.8. The number of esters is 1. The van der Waals surface area contributed by atoms with Crippen LogP contribution in [0.4, 0.5) is 11.4 Å². The third-order valence-corrected chi connectivity index (χ3v) is 3.82. The van der Waals surface area contributed by atoms with Crippen LogP contribution in [-0.2, 0) is 20.7 Å². The Labute approximate surface area is 152 Å². The van der Waals surface area contributed by atoms with Crippen molar-refractivity contribution in [3.05, 3.63) is 68.2 Å². The first-order valence-electron chi connectivity index (χ1n) is 6.99. The van der Waals surface area contributed by atoms with Crippen molar-refractivity contribution in [3.8, 4) is 0 Å². The molecule has 7 nitrogen and oxygen atoms in total. The van der Waals surface area contributed by atoms with Gasteiger partial charge in [-0.15, -0.1) is 0 Å². The van der Waals surface area contributed by atoms with E-state index in [9.17, 15) is 19.7 Å². The van der Waals surface area contributed by atoms with E-state index >= 15 is 0 Å². The Hall–Kier alpha value is -2.64. The van der Waals surface area contributed by atoms with E-state index in [0.29, 0.717) is 21.3 Å². The summed E-state index contributed by atoms with van der Waals surface area (Å²) in [7, 11) is 0. The van der Waals surface area contributed by atoms with Gasteiger partial charge >= 0.3 is 5.97 Å². The fourth-order valence-electron chi connectivity index (χ4n) is 1.91. The smallest absolute Gasteiger partial charge is 0.310 e. The summed E-state index contributed by atoms with van der Waals surface area (Å²) in [5.41, 5.74) is 0.674. The lowest BCUT2D eigenvalue weighted by atomic mass is 10.1. The maximum absolute atomic E-state index is 11.8. The normalized spacial score (nSPS) is 10.2. The fraction of sp³-hybridized carbons (Fsp3) is 0.125. The predicted octanol–water partition coefficient (Wildman–Crippen LogP) is 3.63. The molecule has 0 aromatic heterocycles. The van der Waals surface area contributed by atoms with Gasteiger partial charge in [0.05, 0.1) is 11.3 Å². The van der Waals surface area contributed by atoms with Gasteiger partial charge in [0.25, 0.3) is 11.6 Å². The number of amides is 1. The zero-order valence-electron chi connectivity index (χ0n) is 12.7. The predicted molar refractivity (Wildman–Crippen MR) is 92.9 cm³/mol. The van der Waals surface area contributed by atoms with Crippen LogP contribution in [0.5, 0.6) is 0 Å². The summed E-state index contributed by atoms with van der Waals surface area (Å²) in [5.74, 6) is -1.23. The van der Waals surface area contributed by atoms with Crippen molar-refractivity contribution in [2.75, 3.05) is 11.9 Å². The molecule has 0 aliphatic heterocycles. The van der Waals surface area contributed by atoms with E-state index in [4.69, 9.17) is 27.9 Å². The number of anilines is 1. The minimum Gasteiger partial charge on any atom is -0.455 e. The van der Waals surface area contributed by atoms with Crippen molar-refractivity contribution in [1.82, 2.24) is 0 Å². The number of hydrogen-bond acceptors (Lipinski definition) is 5. The van der Waals surface area contributed by atoms with Gasteiger partial charge in [0.1, 0.15) is 0 Å². The molecule has 25 heavy (non-hydrogen) atoms. The molecule has 2 rings (SSSR count). The van der Waals surface area contributed by atoms with Crippen LogP contribution in [0.25, 0.3) is 0 Å². The lowest BCUT2D eigenvalue weighted by molar-refractivity contribution is -0.384. The molecule has 0 aliphatic carbocycles. The molecule has 0 saturated heterocycles. The molecule has 1 N–H and O–H groups in total. The standard InChI is InChI=1S/C16H12Cl2N2O5/c17-13-2-1-3-14(18)12(13)8-16(22)25-9-15(21)19-10-4-6-11(7-5-10)20(23)24/h1-7H,8-9H2,(H,19,21). The van der Waals surface area contributed by atoms with Crippen LogP contribution in [0.2, 0.25) is 10.0 Å². The topological polar surface area (TPSA) is 98.5 Å². The van der Waals surface area contributed by atoms with Crippen molar-refractivity contribution in [1.29, 1.82) is 0 Å². The van der Waals surface area contributed by atoms with Crippen LogP contribution in [0.15, 0.2) is 42.5 Å². The quantitative estimate of drug-likeness (QED) is 0.467. The van der Waals surface area contributed by atoms with Crippen LogP contribution in [0.3, 0.4) is 0 Å². The Balaban J connectivity index is 1.85. The third kappa shape index (κ3) is 5.44. The zero-order valence-corrected chi connectivity index (χ0v) is 14.2. The first kappa shape index (κ1) is 18.7. The summed E-state index contributed by atoms with van der Waals surface area (Å²) >= 11 is 11.9. The van der Waals surface area contributed by atoms with E-state index in [2.05, 4.69) is 5.32 Å². The second-order valence-electron chi connectivity index (χ2n) is 4.89. The molecule has 2 aromatic rings. The van der Waals surface area contributed by atoms with Gasteiger partial charge in [-0.3, -0.25) is 19.7 Å². The number of rotatable bonds is 6. The van der Waals surface area contributed by atoms with Gasteiger partial charge in [0.2, 0.25) is 0 Å². The molecule has 0 bridgehead atoms. The van der Waals surface area contributed by atoms with E-state index < -0.39 is 23.4 Å². The van der Waals surface area contributed by atoms with Crippen molar-refractivity contribution < 1.29 is 19.2 Å². The Morgan fingerprint density at radius 1 is 1.08 bits per heavy atom. The van der Waals surface area contributed by atoms with E-state index in [0.717, 1.165) is 0 Å². The zero-order chi connectivity index (χ0) is 18.4. The van der Waals surface area contributed by atoms with Gasteiger partial charge in [-0.1, -0.05) is 29.3 Å². The van der Waals surface area contributed by atoms with Crippen LogP contribution in [0.1, 0.15) is 5.56 Å². The minimum absolute atomic E-state index is 0.0963. The molecule has 0 spiro atoms. The molecule has 130 valence electrons. The molecule has 0 aliphatic rings. The number of benzene rings is 2. The number of halogens is 2. The Kier molecular flexibility index (Phi) is 6.32. The summed E-state index contributed by atoms with van der Waals surface area (Å²) in [4.78, 5) is 33.5. The lowest BCUT2D eigenvalue weighted by Crippen LogP contribution is -2.21. The highest BCUT2D eigenvalue weighted by molar-refractivity contribution is 6.36. The summed E-state index contributed by atoms with van der Waals surface area (Å²) in [5, 5.41) is 13.7.